The van der Waals surface area contributed by atoms with Crippen LogP contribution in [0.3, 0.4) is 0 Å². The first-order valence-electron chi connectivity index (χ1n) is 9.78. The molecular weight excluding hydrogens is 386 g/mol. The molecule has 5 aromatic rings. The Morgan fingerprint density at radius 3 is 1.90 bits per heavy atom. The summed E-state index contributed by atoms with van der Waals surface area (Å²) in [6.07, 6.45) is 0. The van der Waals surface area contributed by atoms with E-state index in [-0.39, 0.29) is 11.6 Å². The number of hydrogen-bond acceptors (Lipinski definition) is 3. The molecule has 30 heavy (non-hydrogen) atoms. The Hall–Kier alpha value is -3.32. The number of nitrogens with one attached hydrogen (secondary N) is 3. The van der Waals surface area contributed by atoms with Gasteiger partial charge in [-0.25, -0.2) is 8.78 Å². The molecule has 3 aromatic carbocycles. The maximum atomic E-state index is 14.1. The van der Waals surface area contributed by atoms with Crippen molar-refractivity contribution in [2.75, 3.05) is 39.6 Å². The van der Waals surface area contributed by atoms with Crippen LogP contribution < -0.4 is 10.1 Å². The number of benzene rings is 3. The van der Waals surface area contributed by atoms with Crippen molar-refractivity contribution < 1.29 is 13.5 Å². The van der Waals surface area contributed by atoms with Gasteiger partial charge < -0.3 is 24.9 Å². The number of anilines is 1. The van der Waals surface area contributed by atoms with Crippen LogP contribution in [-0.4, -0.2) is 49.2 Å². The molecule has 0 aliphatic heterocycles. The van der Waals surface area contributed by atoms with Crippen molar-refractivity contribution in [2.45, 2.75) is 0 Å². The Balaban J connectivity index is 1.96. The average molecular weight is 408 g/mol. The molecule has 5 nitrogen and oxygen atoms in total. The van der Waals surface area contributed by atoms with Gasteiger partial charge in [0, 0.05) is 45.7 Å². The first-order chi connectivity index (χ1) is 14.5. The zero-order valence-corrected chi connectivity index (χ0v) is 17.0. The molecule has 0 bridgehead atoms. The standard InChI is InChI=1S/C23H22F2N4O/c1-29(2)9-8-26-20-18-14-10-12(24)4-6-16(14)27-21(18)23(30-3)22-19(20)15-11-13(25)5-7-17(15)28-22/h4-7,10-11,26-28H,8-9H2,1-3H3. The molecule has 0 unspecified atom stereocenters. The molecule has 154 valence electrons. The number of likely N-dealkylation sites (N-methyl/N-ethyl adjacent to an activating group) is 1. The van der Waals surface area contributed by atoms with Crippen LogP contribution in [0.2, 0.25) is 0 Å². The minimum Gasteiger partial charge on any atom is -0.492 e. The van der Waals surface area contributed by atoms with Gasteiger partial charge in [0.15, 0.2) is 5.75 Å². The minimum atomic E-state index is -0.313. The van der Waals surface area contributed by atoms with Crippen LogP contribution in [0.15, 0.2) is 36.4 Å². The lowest BCUT2D eigenvalue weighted by molar-refractivity contribution is 0.423. The zero-order chi connectivity index (χ0) is 21.0. The van der Waals surface area contributed by atoms with E-state index in [0.717, 1.165) is 55.8 Å². The summed E-state index contributed by atoms with van der Waals surface area (Å²) in [5.41, 5.74) is 3.98. The van der Waals surface area contributed by atoms with E-state index in [1.165, 1.54) is 24.3 Å². The third-order valence-corrected chi connectivity index (χ3v) is 5.54. The lowest BCUT2D eigenvalue weighted by Crippen LogP contribution is -2.20. The highest BCUT2D eigenvalue weighted by Crippen LogP contribution is 2.46. The Morgan fingerprint density at radius 1 is 0.900 bits per heavy atom. The number of methoxy groups -OCH3 is 1. The summed E-state index contributed by atoms with van der Waals surface area (Å²) in [6, 6.07) is 9.34. The fraction of sp³-hybridized carbons (Fsp3) is 0.217. The van der Waals surface area contributed by atoms with Crippen molar-refractivity contribution >= 4 is 49.3 Å². The highest BCUT2D eigenvalue weighted by atomic mass is 19.1. The number of halogens is 2. The van der Waals surface area contributed by atoms with Gasteiger partial charge in [0.25, 0.3) is 0 Å². The maximum absolute atomic E-state index is 14.1. The van der Waals surface area contributed by atoms with E-state index in [0.29, 0.717) is 12.3 Å². The summed E-state index contributed by atoms with van der Waals surface area (Å²) in [5.74, 6) is -0.00951. The van der Waals surface area contributed by atoms with Gasteiger partial charge in [-0.05, 0) is 50.5 Å². The van der Waals surface area contributed by atoms with Gasteiger partial charge in [0.2, 0.25) is 0 Å². The number of H-pyrrole nitrogens is 2. The first-order valence-corrected chi connectivity index (χ1v) is 9.78. The SMILES string of the molecule is COc1c2[nH]c3ccc(F)cc3c2c(NCCN(C)C)c2c1[nH]c1ccc(F)cc12. The Labute approximate surface area is 171 Å². The lowest BCUT2D eigenvalue weighted by atomic mass is 10.0. The van der Waals surface area contributed by atoms with Crippen molar-refractivity contribution in [1.29, 1.82) is 0 Å². The van der Waals surface area contributed by atoms with Crippen LogP contribution in [0.1, 0.15) is 0 Å². The van der Waals surface area contributed by atoms with Crippen LogP contribution >= 0.6 is 0 Å². The molecule has 0 amide bonds. The molecule has 0 aliphatic rings. The molecule has 2 heterocycles. The fourth-order valence-corrected chi connectivity index (χ4v) is 4.22. The van der Waals surface area contributed by atoms with Gasteiger partial charge >= 0.3 is 0 Å². The molecule has 7 heteroatoms. The van der Waals surface area contributed by atoms with Crippen molar-refractivity contribution in [2.24, 2.45) is 0 Å². The summed E-state index contributed by atoms with van der Waals surface area (Å²) in [4.78, 5) is 8.83. The van der Waals surface area contributed by atoms with Gasteiger partial charge in [-0.1, -0.05) is 0 Å². The molecule has 0 saturated heterocycles. The van der Waals surface area contributed by atoms with Crippen LogP contribution in [0.4, 0.5) is 14.5 Å². The molecule has 5 rings (SSSR count). The quantitative estimate of drug-likeness (QED) is 0.374. The largest absolute Gasteiger partial charge is 0.492 e. The summed E-state index contributed by atoms with van der Waals surface area (Å²) in [6.45, 7) is 1.48. The molecule has 0 spiro atoms. The van der Waals surface area contributed by atoms with E-state index in [1.54, 1.807) is 19.2 Å². The number of hydrogen-bond donors (Lipinski definition) is 3. The second-order valence-electron chi connectivity index (χ2n) is 7.77. The fourth-order valence-electron chi connectivity index (χ4n) is 4.22. The number of nitrogens with zero attached hydrogens (tertiary/aromatic N) is 1. The summed E-state index contributed by atoms with van der Waals surface area (Å²) >= 11 is 0. The molecule has 0 saturated carbocycles. The number of ether oxygens (including phenoxy) is 1. The number of aromatic nitrogens is 2. The van der Waals surface area contributed by atoms with E-state index in [4.69, 9.17) is 4.74 Å². The van der Waals surface area contributed by atoms with Gasteiger partial charge in [0.05, 0.1) is 23.8 Å². The number of rotatable bonds is 5. The monoisotopic (exact) mass is 408 g/mol. The molecule has 3 N–H and O–H groups in total. The molecule has 2 aromatic heterocycles. The van der Waals surface area contributed by atoms with Crippen LogP contribution in [0.25, 0.3) is 43.6 Å². The third-order valence-electron chi connectivity index (χ3n) is 5.54. The van der Waals surface area contributed by atoms with Gasteiger partial charge in [0.1, 0.15) is 11.6 Å². The van der Waals surface area contributed by atoms with E-state index < -0.39 is 0 Å². The van der Waals surface area contributed by atoms with Gasteiger partial charge in [-0.2, -0.15) is 0 Å². The average Bonchev–Trinajstić information content (AvgIpc) is 3.25. The van der Waals surface area contributed by atoms with E-state index in [9.17, 15) is 8.78 Å². The minimum absolute atomic E-state index is 0.313. The predicted molar refractivity (Wildman–Crippen MR) is 119 cm³/mol. The van der Waals surface area contributed by atoms with Crippen LogP contribution in [0.5, 0.6) is 5.75 Å². The van der Waals surface area contributed by atoms with Crippen molar-refractivity contribution in [3.8, 4) is 5.75 Å². The second kappa shape index (κ2) is 6.88. The smallest absolute Gasteiger partial charge is 0.167 e. The van der Waals surface area contributed by atoms with Crippen molar-refractivity contribution in [3.63, 3.8) is 0 Å². The van der Waals surface area contributed by atoms with Crippen molar-refractivity contribution in [1.82, 2.24) is 14.9 Å². The van der Waals surface area contributed by atoms with Gasteiger partial charge in [-0.3, -0.25) is 0 Å². The van der Waals surface area contributed by atoms with Gasteiger partial charge in [-0.15, -0.1) is 0 Å². The highest BCUT2D eigenvalue weighted by molar-refractivity contribution is 6.29. The topological polar surface area (TPSA) is 56.1 Å². The Kier molecular flexibility index (Phi) is 4.29. The normalized spacial score (nSPS) is 12.1. The number of fused-ring (bicyclic) bond motifs is 6. The third kappa shape index (κ3) is 2.77. The molecule has 0 atom stereocenters. The Bertz CT molecular complexity index is 1320. The summed E-state index contributed by atoms with van der Waals surface area (Å²) < 4.78 is 34.1. The highest BCUT2D eigenvalue weighted by Gasteiger charge is 2.22. The van der Waals surface area contributed by atoms with Crippen LogP contribution in [0, 0.1) is 11.6 Å². The van der Waals surface area contributed by atoms with E-state index >= 15 is 0 Å². The first kappa shape index (κ1) is 18.7. The molecule has 0 aliphatic carbocycles. The van der Waals surface area contributed by atoms with E-state index in [1.807, 2.05) is 14.1 Å². The Morgan fingerprint density at radius 2 is 1.43 bits per heavy atom. The second-order valence-corrected chi connectivity index (χ2v) is 7.77. The zero-order valence-electron chi connectivity index (χ0n) is 17.0. The number of aromatic amines is 2. The molecule has 0 radical (unpaired) electrons. The summed E-state index contributed by atoms with van der Waals surface area (Å²) in [7, 11) is 5.61. The van der Waals surface area contributed by atoms with Crippen molar-refractivity contribution in [3.05, 3.63) is 48.0 Å². The molecule has 0 fully saturated rings. The predicted octanol–water partition coefficient (Wildman–Crippen LogP) is 5.22. The summed E-state index contributed by atoms with van der Waals surface area (Å²) in [5, 5.41) is 6.70. The maximum Gasteiger partial charge on any atom is 0.167 e. The van der Waals surface area contributed by atoms with Crippen LogP contribution in [-0.2, 0) is 0 Å². The van der Waals surface area contributed by atoms with E-state index in [2.05, 4.69) is 20.2 Å². The molecular formula is C23H22F2N4O. The lowest BCUT2D eigenvalue weighted by Gasteiger charge is -2.15.